The molecule has 0 aromatic heterocycles. The fourth-order valence-electron chi connectivity index (χ4n) is 2.81. The molecule has 0 bridgehead atoms. The quantitative estimate of drug-likeness (QED) is 0.838. The van der Waals surface area contributed by atoms with Gasteiger partial charge in [-0.25, -0.2) is 0 Å². The molecule has 2 aliphatic heterocycles. The van der Waals surface area contributed by atoms with Crippen LogP contribution in [0.5, 0.6) is 0 Å². The number of rotatable bonds is 2. The molecule has 106 valence electrons. The van der Waals surface area contributed by atoms with Crippen molar-refractivity contribution in [2.75, 3.05) is 26.2 Å². The largest absolute Gasteiger partial charge is 0.417 e. The highest BCUT2D eigenvalue weighted by atomic mass is 19.4. The van der Waals surface area contributed by atoms with Gasteiger partial charge >= 0.3 is 6.18 Å². The molecule has 2 aliphatic rings. The van der Waals surface area contributed by atoms with E-state index in [1.54, 1.807) is 6.07 Å². The van der Waals surface area contributed by atoms with Crippen LogP contribution in [0.1, 0.15) is 11.1 Å². The maximum Gasteiger partial charge on any atom is 0.417 e. The van der Waals surface area contributed by atoms with Crippen LogP contribution in [0, 0.1) is 0 Å². The Balaban J connectivity index is 1.86. The highest BCUT2D eigenvalue weighted by Crippen LogP contribution is 2.36. The first-order valence-electron chi connectivity index (χ1n) is 6.48. The molecule has 2 nitrogen and oxygen atoms in total. The van der Waals surface area contributed by atoms with Crippen LogP contribution in [0.15, 0.2) is 42.0 Å². The topological polar surface area (TPSA) is 15.3 Å². The van der Waals surface area contributed by atoms with Gasteiger partial charge in [0.15, 0.2) is 0 Å². The molecule has 0 radical (unpaired) electrons. The molecule has 5 heteroatoms. The summed E-state index contributed by atoms with van der Waals surface area (Å²) in [6, 6.07) is 5.63. The molecule has 0 atom stereocenters. The molecule has 0 aliphatic carbocycles. The second kappa shape index (κ2) is 4.66. The fraction of sp³-hybridized carbons (Fsp3) is 0.333. The third-order valence-corrected chi connectivity index (χ3v) is 3.87. The molecule has 1 aromatic carbocycles. The van der Waals surface area contributed by atoms with Gasteiger partial charge in [0.2, 0.25) is 0 Å². The summed E-state index contributed by atoms with van der Waals surface area (Å²) in [7, 11) is 0. The maximum atomic E-state index is 13.0. The number of nitrogens with one attached hydrogen (secondary N) is 1. The van der Waals surface area contributed by atoms with Crippen LogP contribution in [0.3, 0.4) is 0 Å². The van der Waals surface area contributed by atoms with Gasteiger partial charge in [0.05, 0.1) is 5.56 Å². The summed E-state index contributed by atoms with van der Waals surface area (Å²) in [5.41, 5.74) is 2.59. The van der Waals surface area contributed by atoms with E-state index in [4.69, 9.17) is 0 Å². The Bertz CT molecular complexity index is 571. The smallest absolute Gasteiger partial charge is 0.363 e. The van der Waals surface area contributed by atoms with Crippen LogP contribution in [-0.2, 0) is 6.18 Å². The highest BCUT2D eigenvalue weighted by molar-refractivity contribution is 5.67. The number of nitrogens with zero attached hydrogens (tertiary/aromatic N) is 1. The van der Waals surface area contributed by atoms with Crippen molar-refractivity contribution in [3.63, 3.8) is 0 Å². The van der Waals surface area contributed by atoms with Gasteiger partial charge in [0.25, 0.3) is 0 Å². The SMILES string of the molecule is C=C(c1ccccc1C(F)(F)F)N1CC2=C(CNC2)C1. The van der Waals surface area contributed by atoms with Crippen LogP contribution in [-0.4, -0.2) is 31.1 Å². The molecule has 0 spiro atoms. The monoisotopic (exact) mass is 280 g/mol. The van der Waals surface area contributed by atoms with Crippen LogP contribution >= 0.6 is 0 Å². The van der Waals surface area contributed by atoms with Crippen molar-refractivity contribution in [1.29, 1.82) is 0 Å². The van der Waals surface area contributed by atoms with E-state index in [1.165, 1.54) is 23.3 Å². The summed E-state index contributed by atoms with van der Waals surface area (Å²) in [6.07, 6.45) is -4.35. The molecule has 0 saturated carbocycles. The minimum Gasteiger partial charge on any atom is -0.363 e. The minimum absolute atomic E-state index is 0.175. The zero-order valence-corrected chi connectivity index (χ0v) is 10.9. The number of hydrogen-bond donors (Lipinski definition) is 1. The summed E-state index contributed by atoms with van der Waals surface area (Å²) >= 11 is 0. The lowest BCUT2D eigenvalue weighted by Crippen LogP contribution is -2.26. The van der Waals surface area contributed by atoms with Gasteiger partial charge < -0.3 is 10.2 Å². The first-order valence-corrected chi connectivity index (χ1v) is 6.48. The normalized spacial score (nSPS) is 18.6. The lowest BCUT2D eigenvalue weighted by atomic mass is 10.0. The van der Waals surface area contributed by atoms with Crippen molar-refractivity contribution in [3.05, 3.63) is 53.1 Å². The van der Waals surface area contributed by atoms with Gasteiger partial charge in [-0.05, 0) is 17.2 Å². The summed E-state index contributed by atoms with van der Waals surface area (Å²) in [5.74, 6) is 0. The second-order valence-electron chi connectivity index (χ2n) is 5.16. The standard InChI is InChI=1S/C15H15F3N2/c1-10(20-8-11-6-19-7-12(11)9-20)13-4-2-3-5-14(13)15(16,17)18/h2-5,19H,1,6-9H2. The second-order valence-corrected chi connectivity index (χ2v) is 5.16. The molecular formula is C15H15F3N2. The van der Waals surface area contributed by atoms with Crippen molar-refractivity contribution in [2.24, 2.45) is 0 Å². The van der Waals surface area contributed by atoms with Crippen molar-refractivity contribution in [3.8, 4) is 0 Å². The summed E-state index contributed by atoms with van der Waals surface area (Å²) < 4.78 is 39.1. The van der Waals surface area contributed by atoms with E-state index < -0.39 is 11.7 Å². The Hall–Kier alpha value is -1.75. The summed E-state index contributed by atoms with van der Waals surface area (Å²) in [5, 5.41) is 3.25. The number of halogens is 3. The summed E-state index contributed by atoms with van der Waals surface area (Å²) in [6.45, 7) is 6.90. The van der Waals surface area contributed by atoms with Crippen molar-refractivity contribution in [1.82, 2.24) is 10.2 Å². The molecule has 0 fully saturated rings. The Kier molecular flexibility index (Phi) is 3.09. The first-order chi connectivity index (χ1) is 9.47. The summed E-state index contributed by atoms with van der Waals surface area (Å²) in [4.78, 5) is 1.93. The third-order valence-electron chi connectivity index (χ3n) is 3.87. The zero-order chi connectivity index (χ0) is 14.3. The molecule has 1 N–H and O–H groups in total. The molecule has 1 aromatic rings. The Morgan fingerprint density at radius 2 is 1.70 bits per heavy atom. The average Bonchev–Trinajstić information content (AvgIpc) is 2.97. The van der Waals surface area contributed by atoms with E-state index >= 15 is 0 Å². The van der Waals surface area contributed by atoms with Gasteiger partial charge in [0.1, 0.15) is 0 Å². The van der Waals surface area contributed by atoms with Crippen LogP contribution in [0.2, 0.25) is 0 Å². The zero-order valence-electron chi connectivity index (χ0n) is 10.9. The average molecular weight is 280 g/mol. The Morgan fingerprint density at radius 3 is 2.30 bits per heavy atom. The lowest BCUT2D eigenvalue weighted by Gasteiger charge is -2.25. The Labute approximate surface area is 115 Å². The van der Waals surface area contributed by atoms with E-state index in [1.807, 2.05) is 4.90 Å². The predicted octanol–water partition coefficient (Wildman–Crippen LogP) is 2.89. The van der Waals surface area contributed by atoms with Crippen LogP contribution in [0.4, 0.5) is 13.2 Å². The van der Waals surface area contributed by atoms with Crippen LogP contribution in [0.25, 0.3) is 5.70 Å². The van der Waals surface area contributed by atoms with E-state index in [0.29, 0.717) is 18.8 Å². The minimum atomic E-state index is -4.35. The van der Waals surface area contributed by atoms with Gasteiger partial charge in [-0.3, -0.25) is 0 Å². The predicted molar refractivity (Wildman–Crippen MR) is 71.9 cm³/mol. The van der Waals surface area contributed by atoms with Crippen LogP contribution < -0.4 is 5.32 Å². The highest BCUT2D eigenvalue weighted by Gasteiger charge is 2.35. The molecule has 2 heterocycles. The van der Waals surface area contributed by atoms with E-state index in [-0.39, 0.29) is 5.56 Å². The number of alkyl halides is 3. The molecule has 0 saturated heterocycles. The van der Waals surface area contributed by atoms with Gasteiger partial charge in [-0.2, -0.15) is 13.2 Å². The van der Waals surface area contributed by atoms with E-state index in [0.717, 1.165) is 19.2 Å². The van der Waals surface area contributed by atoms with Crippen molar-refractivity contribution in [2.45, 2.75) is 6.18 Å². The van der Waals surface area contributed by atoms with Gasteiger partial charge in [0, 0.05) is 37.4 Å². The molecular weight excluding hydrogens is 265 g/mol. The maximum absolute atomic E-state index is 13.0. The van der Waals surface area contributed by atoms with Gasteiger partial charge in [-0.15, -0.1) is 0 Å². The van der Waals surface area contributed by atoms with E-state index in [9.17, 15) is 13.2 Å². The third kappa shape index (κ3) is 2.22. The van der Waals surface area contributed by atoms with E-state index in [2.05, 4.69) is 11.9 Å². The molecule has 0 amide bonds. The first kappa shape index (κ1) is 13.2. The fourth-order valence-corrected chi connectivity index (χ4v) is 2.81. The molecule has 20 heavy (non-hydrogen) atoms. The van der Waals surface area contributed by atoms with Crippen molar-refractivity contribution < 1.29 is 13.2 Å². The molecule has 0 unspecified atom stereocenters. The number of hydrogen-bond acceptors (Lipinski definition) is 2. The van der Waals surface area contributed by atoms with Crippen molar-refractivity contribution >= 4 is 5.70 Å². The van der Waals surface area contributed by atoms with Gasteiger partial charge in [-0.1, -0.05) is 24.8 Å². The Morgan fingerprint density at radius 1 is 1.10 bits per heavy atom. The lowest BCUT2D eigenvalue weighted by molar-refractivity contribution is -0.137. The molecule has 3 rings (SSSR count). The number of benzene rings is 1.